The predicted molar refractivity (Wildman–Crippen MR) is 93.7 cm³/mol. The minimum atomic E-state index is -1.12. The Morgan fingerprint density at radius 3 is 2.52 bits per heavy atom. The number of nitrogens with two attached hydrogens (primary N) is 1. The normalized spacial score (nSPS) is 14.1. The Labute approximate surface area is 147 Å². The number of likely N-dealkylation sites (N-methyl/N-ethyl adjacent to an activating group) is 1. The van der Waals surface area contributed by atoms with Crippen molar-refractivity contribution in [3.63, 3.8) is 0 Å². The molecular weight excluding hydrogens is 326 g/mol. The molecule has 0 heterocycles. The number of hydrogen-bond acceptors (Lipinski definition) is 5. The summed E-state index contributed by atoms with van der Waals surface area (Å²) in [5.41, 5.74) is 6.72. The monoisotopic (exact) mass is 353 g/mol. The molecular formula is C17H27N3O5. The Hall–Kier alpha value is -2.32. The summed E-state index contributed by atoms with van der Waals surface area (Å²) in [6, 6.07) is 9.07. The van der Waals surface area contributed by atoms with Crippen LogP contribution >= 0.6 is 0 Å². The van der Waals surface area contributed by atoms with Crippen LogP contribution in [0.25, 0.3) is 0 Å². The zero-order chi connectivity index (χ0) is 18.7. The average Bonchev–Trinajstić information content (AvgIpc) is 2.63. The van der Waals surface area contributed by atoms with Gasteiger partial charge in [-0.05, 0) is 25.3 Å². The first-order valence-corrected chi connectivity index (χ1v) is 8.14. The third-order valence-electron chi connectivity index (χ3n) is 3.93. The molecule has 1 rings (SSSR count). The predicted octanol–water partition coefficient (Wildman–Crippen LogP) is 2.11. The molecule has 0 spiro atoms. The molecule has 0 aliphatic carbocycles. The number of oxime groups is 1. The van der Waals surface area contributed by atoms with Gasteiger partial charge in [-0.25, -0.2) is 4.79 Å². The summed E-state index contributed by atoms with van der Waals surface area (Å²) < 4.78 is 11.1. The highest BCUT2D eigenvalue weighted by molar-refractivity contribution is 5.88. The molecule has 0 radical (unpaired) electrons. The fourth-order valence-corrected chi connectivity index (χ4v) is 2.51. The minimum absolute atomic E-state index is 0.135. The maximum absolute atomic E-state index is 11.3. The number of carboxylic acid groups (broad SMARTS) is 1. The molecule has 1 aromatic rings. The van der Waals surface area contributed by atoms with Gasteiger partial charge in [-0.1, -0.05) is 35.5 Å². The van der Waals surface area contributed by atoms with Crippen molar-refractivity contribution in [3.05, 3.63) is 35.9 Å². The number of benzene rings is 1. The molecule has 0 saturated carbocycles. The SMILES string of the molecule is CCN(C(=O)O)C(CC[C@@H](COCc1ccccc1)OC)C(N)=NO. The van der Waals surface area contributed by atoms with Crippen LogP contribution in [-0.4, -0.2) is 59.5 Å². The summed E-state index contributed by atoms with van der Waals surface area (Å²) in [5.74, 6) is -0.135. The van der Waals surface area contributed by atoms with Crippen molar-refractivity contribution in [2.45, 2.75) is 38.5 Å². The van der Waals surface area contributed by atoms with E-state index in [0.29, 0.717) is 26.1 Å². The first-order chi connectivity index (χ1) is 12.0. The molecule has 1 unspecified atom stereocenters. The van der Waals surface area contributed by atoms with E-state index in [1.165, 1.54) is 0 Å². The van der Waals surface area contributed by atoms with Crippen LogP contribution in [0.15, 0.2) is 35.5 Å². The van der Waals surface area contributed by atoms with Crippen LogP contribution in [0.2, 0.25) is 0 Å². The molecule has 4 N–H and O–H groups in total. The number of methoxy groups -OCH3 is 1. The summed E-state index contributed by atoms with van der Waals surface area (Å²) in [6.45, 7) is 2.77. The van der Waals surface area contributed by atoms with E-state index >= 15 is 0 Å². The number of rotatable bonds is 11. The second-order valence-electron chi connectivity index (χ2n) is 5.55. The van der Waals surface area contributed by atoms with Crippen LogP contribution in [0.5, 0.6) is 0 Å². The molecule has 0 bridgehead atoms. The summed E-state index contributed by atoms with van der Waals surface area (Å²) in [4.78, 5) is 12.4. The number of ether oxygens (including phenoxy) is 2. The van der Waals surface area contributed by atoms with Gasteiger partial charge < -0.3 is 25.5 Å². The highest BCUT2D eigenvalue weighted by atomic mass is 16.5. The van der Waals surface area contributed by atoms with E-state index in [4.69, 9.17) is 20.4 Å². The standard InChI is InChI=1S/C17H27N3O5/c1-3-20(17(21)22)15(16(18)19-23)10-9-14(24-2)12-25-11-13-7-5-4-6-8-13/h4-8,14-15,23H,3,9-12H2,1-2H3,(H2,18,19)(H,21,22)/t14-,15?/m0/s1. The maximum Gasteiger partial charge on any atom is 0.407 e. The van der Waals surface area contributed by atoms with Gasteiger partial charge in [0, 0.05) is 13.7 Å². The molecule has 0 saturated heterocycles. The lowest BCUT2D eigenvalue weighted by Crippen LogP contribution is -2.48. The largest absolute Gasteiger partial charge is 0.465 e. The van der Waals surface area contributed by atoms with Crippen LogP contribution < -0.4 is 5.73 Å². The van der Waals surface area contributed by atoms with Crippen molar-refractivity contribution in [2.24, 2.45) is 10.9 Å². The Morgan fingerprint density at radius 2 is 2.00 bits per heavy atom. The van der Waals surface area contributed by atoms with Crippen molar-refractivity contribution < 1.29 is 24.6 Å². The zero-order valence-corrected chi connectivity index (χ0v) is 14.7. The van der Waals surface area contributed by atoms with E-state index in [1.807, 2.05) is 30.3 Å². The topological polar surface area (TPSA) is 118 Å². The third-order valence-corrected chi connectivity index (χ3v) is 3.93. The number of nitrogens with zero attached hydrogens (tertiary/aromatic N) is 2. The van der Waals surface area contributed by atoms with E-state index in [9.17, 15) is 9.90 Å². The summed E-state index contributed by atoms with van der Waals surface area (Å²) in [6.07, 6.45) is -0.460. The Kier molecular flexibility index (Phi) is 9.34. The first-order valence-electron chi connectivity index (χ1n) is 8.14. The van der Waals surface area contributed by atoms with Crippen LogP contribution in [-0.2, 0) is 16.1 Å². The Balaban J connectivity index is 2.55. The summed E-state index contributed by atoms with van der Waals surface area (Å²) in [7, 11) is 1.57. The van der Waals surface area contributed by atoms with E-state index in [1.54, 1.807) is 14.0 Å². The molecule has 8 nitrogen and oxygen atoms in total. The van der Waals surface area contributed by atoms with Crippen molar-refractivity contribution in [1.82, 2.24) is 4.90 Å². The van der Waals surface area contributed by atoms with Crippen molar-refractivity contribution in [2.75, 3.05) is 20.3 Å². The number of hydrogen-bond donors (Lipinski definition) is 3. The van der Waals surface area contributed by atoms with E-state index in [0.717, 1.165) is 10.5 Å². The molecule has 140 valence electrons. The summed E-state index contributed by atoms with van der Waals surface area (Å²) >= 11 is 0. The van der Waals surface area contributed by atoms with Gasteiger partial charge in [-0.3, -0.25) is 4.90 Å². The van der Waals surface area contributed by atoms with Gasteiger partial charge in [-0.2, -0.15) is 0 Å². The third kappa shape index (κ3) is 6.98. The van der Waals surface area contributed by atoms with Gasteiger partial charge >= 0.3 is 6.09 Å². The zero-order valence-electron chi connectivity index (χ0n) is 14.7. The molecule has 0 aromatic heterocycles. The molecule has 0 aliphatic heterocycles. The maximum atomic E-state index is 11.3. The van der Waals surface area contributed by atoms with Crippen LogP contribution in [0.4, 0.5) is 4.79 Å². The highest BCUT2D eigenvalue weighted by Gasteiger charge is 2.26. The van der Waals surface area contributed by atoms with Gasteiger partial charge in [-0.15, -0.1) is 0 Å². The van der Waals surface area contributed by atoms with Crippen LogP contribution in [0.1, 0.15) is 25.3 Å². The second kappa shape index (κ2) is 11.3. The van der Waals surface area contributed by atoms with E-state index in [2.05, 4.69) is 5.16 Å². The van der Waals surface area contributed by atoms with Gasteiger partial charge in [0.1, 0.15) is 0 Å². The van der Waals surface area contributed by atoms with Crippen LogP contribution in [0.3, 0.4) is 0 Å². The van der Waals surface area contributed by atoms with Gasteiger partial charge in [0.25, 0.3) is 0 Å². The van der Waals surface area contributed by atoms with Crippen molar-refractivity contribution in [3.8, 4) is 0 Å². The van der Waals surface area contributed by atoms with Gasteiger partial charge in [0.15, 0.2) is 5.84 Å². The molecule has 2 atom stereocenters. The number of amides is 1. The lowest BCUT2D eigenvalue weighted by atomic mass is 10.1. The number of amidine groups is 1. The average molecular weight is 353 g/mol. The van der Waals surface area contributed by atoms with Crippen molar-refractivity contribution in [1.29, 1.82) is 0 Å². The fraction of sp³-hybridized carbons (Fsp3) is 0.529. The Morgan fingerprint density at radius 1 is 1.32 bits per heavy atom. The fourth-order valence-electron chi connectivity index (χ4n) is 2.51. The molecule has 0 aliphatic rings. The molecule has 1 amide bonds. The smallest absolute Gasteiger partial charge is 0.407 e. The van der Waals surface area contributed by atoms with Crippen LogP contribution in [0, 0.1) is 0 Å². The quantitative estimate of drug-likeness (QED) is 0.243. The lowest BCUT2D eigenvalue weighted by Gasteiger charge is -2.28. The molecule has 8 heteroatoms. The second-order valence-corrected chi connectivity index (χ2v) is 5.55. The van der Waals surface area contributed by atoms with Gasteiger partial charge in [0.2, 0.25) is 0 Å². The molecule has 0 fully saturated rings. The van der Waals surface area contributed by atoms with Crippen molar-refractivity contribution >= 4 is 11.9 Å². The number of carbonyl (C=O) groups is 1. The Bertz CT molecular complexity index is 538. The summed E-state index contributed by atoms with van der Waals surface area (Å²) in [5, 5.41) is 21.1. The van der Waals surface area contributed by atoms with Gasteiger partial charge in [0.05, 0.1) is 25.4 Å². The molecule has 1 aromatic carbocycles. The first kappa shape index (κ1) is 20.7. The molecule has 25 heavy (non-hydrogen) atoms. The van der Waals surface area contributed by atoms with E-state index in [-0.39, 0.29) is 18.5 Å². The highest BCUT2D eigenvalue weighted by Crippen LogP contribution is 2.13. The minimum Gasteiger partial charge on any atom is -0.465 e. The lowest BCUT2D eigenvalue weighted by molar-refractivity contribution is -0.00468. The van der Waals surface area contributed by atoms with E-state index < -0.39 is 12.1 Å².